The second-order valence-electron chi connectivity index (χ2n) is 9.59. The fourth-order valence-electron chi connectivity index (χ4n) is 4.68. The molecule has 9 nitrogen and oxygen atoms in total. The van der Waals surface area contributed by atoms with Crippen molar-refractivity contribution in [2.45, 2.75) is 26.3 Å². The van der Waals surface area contributed by atoms with Crippen molar-refractivity contribution in [2.75, 3.05) is 39.7 Å². The molecule has 3 aromatic carbocycles. The maximum atomic E-state index is 15.0. The van der Waals surface area contributed by atoms with Crippen LogP contribution in [0, 0.1) is 5.82 Å². The number of likely N-dealkylation sites (N-methyl/N-ethyl adjacent to an activating group) is 1. The lowest BCUT2D eigenvalue weighted by molar-refractivity contribution is -0.136. The number of anilines is 1. The van der Waals surface area contributed by atoms with Crippen molar-refractivity contribution in [3.8, 4) is 23.0 Å². The number of benzene rings is 3. The van der Waals surface area contributed by atoms with Crippen molar-refractivity contribution in [2.24, 2.45) is 0 Å². The lowest BCUT2D eigenvalue weighted by Gasteiger charge is -2.29. The van der Waals surface area contributed by atoms with Crippen LogP contribution in [0.3, 0.4) is 0 Å². The molecule has 1 unspecified atom stereocenters. The molecule has 0 aliphatic rings. The van der Waals surface area contributed by atoms with E-state index in [0.717, 1.165) is 24.6 Å². The molecule has 0 fully saturated rings. The molecule has 0 radical (unpaired) electrons. The topological polar surface area (TPSA) is 102 Å². The number of amides is 2. The van der Waals surface area contributed by atoms with Gasteiger partial charge in [0.1, 0.15) is 5.75 Å². The summed E-state index contributed by atoms with van der Waals surface area (Å²) < 4.78 is 31.6. The molecule has 4 aromatic rings. The Kier molecular flexibility index (Phi) is 9.93. The first-order valence-electron chi connectivity index (χ1n) is 13.6. The molecule has 0 aliphatic carbocycles. The van der Waals surface area contributed by atoms with E-state index >= 15 is 4.39 Å². The van der Waals surface area contributed by atoms with Gasteiger partial charge in [0.05, 0.1) is 25.8 Å². The van der Waals surface area contributed by atoms with E-state index in [0.29, 0.717) is 28.2 Å². The Morgan fingerprint density at radius 3 is 2.36 bits per heavy atom. The molecule has 2 amide bonds. The number of hydrogen-bond donors (Lipinski definition) is 2. The third-order valence-electron chi connectivity index (χ3n) is 7.10. The van der Waals surface area contributed by atoms with Gasteiger partial charge < -0.3 is 24.8 Å². The highest BCUT2D eigenvalue weighted by molar-refractivity contribution is 6.39. The molecule has 2 N–H and O–H groups in total. The summed E-state index contributed by atoms with van der Waals surface area (Å²) in [7, 11) is 5.01. The lowest BCUT2D eigenvalue weighted by atomic mass is 9.97. The van der Waals surface area contributed by atoms with E-state index in [-0.39, 0.29) is 24.0 Å². The molecule has 0 spiro atoms. The van der Waals surface area contributed by atoms with Gasteiger partial charge in [-0.15, -0.1) is 0 Å². The average molecular weight is 575 g/mol. The zero-order valence-electron chi connectivity index (χ0n) is 24.4. The van der Waals surface area contributed by atoms with E-state index in [1.165, 1.54) is 31.9 Å². The standard InChI is InChI=1S/C32H35FN4O5/c1-6-20-10-8-9-11-22(20)26(37(3)7-2)19-35-31(38)32(39)36-21-12-13-28(24(33)16-21)42-27-14-15-34-25-18-30(41-5)29(40-4)17-23(25)27/h8-18,26H,6-7,19H2,1-5H3,(H,35,38)(H,36,39). The maximum absolute atomic E-state index is 15.0. The summed E-state index contributed by atoms with van der Waals surface area (Å²) in [4.78, 5) is 31.8. The lowest BCUT2D eigenvalue weighted by Crippen LogP contribution is -2.41. The summed E-state index contributed by atoms with van der Waals surface area (Å²) in [6, 6.07) is 16.9. The number of nitrogens with zero attached hydrogens (tertiary/aromatic N) is 2. The number of rotatable bonds is 11. The second kappa shape index (κ2) is 13.8. The summed E-state index contributed by atoms with van der Waals surface area (Å²) in [5, 5.41) is 5.78. The molecule has 4 rings (SSSR count). The first-order valence-corrected chi connectivity index (χ1v) is 13.6. The molecule has 0 saturated carbocycles. The fraction of sp³-hybridized carbons (Fsp3) is 0.281. The maximum Gasteiger partial charge on any atom is 0.313 e. The minimum atomic E-state index is -0.897. The molecular weight excluding hydrogens is 539 g/mol. The number of carbonyl (C=O) groups excluding carboxylic acids is 2. The number of halogens is 1. The van der Waals surface area contributed by atoms with E-state index in [4.69, 9.17) is 14.2 Å². The van der Waals surface area contributed by atoms with Crippen LogP contribution in [0.15, 0.2) is 66.9 Å². The van der Waals surface area contributed by atoms with E-state index in [1.54, 1.807) is 24.4 Å². The number of carbonyl (C=O) groups is 2. The highest BCUT2D eigenvalue weighted by atomic mass is 19.1. The Hall–Kier alpha value is -4.70. The fourth-order valence-corrected chi connectivity index (χ4v) is 4.68. The van der Waals surface area contributed by atoms with Gasteiger partial charge in [0.2, 0.25) is 0 Å². The molecular formula is C32H35FN4O5. The highest BCUT2D eigenvalue weighted by Gasteiger charge is 2.22. The number of aryl methyl sites for hydroxylation is 1. The predicted octanol–water partition coefficient (Wildman–Crippen LogP) is 5.49. The minimum Gasteiger partial charge on any atom is -0.493 e. The van der Waals surface area contributed by atoms with Crippen molar-refractivity contribution in [3.05, 3.63) is 83.8 Å². The van der Waals surface area contributed by atoms with Gasteiger partial charge in [-0.05, 0) is 55.4 Å². The highest BCUT2D eigenvalue weighted by Crippen LogP contribution is 2.37. The van der Waals surface area contributed by atoms with Gasteiger partial charge in [0, 0.05) is 35.9 Å². The van der Waals surface area contributed by atoms with E-state index < -0.39 is 17.6 Å². The van der Waals surface area contributed by atoms with Gasteiger partial charge in [0.25, 0.3) is 0 Å². The van der Waals surface area contributed by atoms with Crippen molar-refractivity contribution >= 4 is 28.4 Å². The van der Waals surface area contributed by atoms with Crippen molar-refractivity contribution in [1.29, 1.82) is 0 Å². The van der Waals surface area contributed by atoms with Gasteiger partial charge in [-0.2, -0.15) is 0 Å². The van der Waals surface area contributed by atoms with Crippen LogP contribution in [0.5, 0.6) is 23.0 Å². The number of hydrogen-bond acceptors (Lipinski definition) is 7. The first kappa shape index (κ1) is 30.3. The normalized spacial score (nSPS) is 11.7. The van der Waals surface area contributed by atoms with Crippen molar-refractivity contribution in [3.63, 3.8) is 0 Å². The Morgan fingerprint density at radius 2 is 1.67 bits per heavy atom. The molecule has 10 heteroatoms. The summed E-state index contributed by atoms with van der Waals surface area (Å²) in [5.41, 5.74) is 2.97. The van der Waals surface area contributed by atoms with Crippen LogP contribution in [0.2, 0.25) is 0 Å². The van der Waals surface area contributed by atoms with Crippen LogP contribution >= 0.6 is 0 Å². The number of aromatic nitrogens is 1. The Bertz CT molecular complexity index is 1580. The quantitative estimate of drug-likeness (QED) is 0.228. The van der Waals surface area contributed by atoms with E-state index in [1.807, 2.05) is 32.2 Å². The van der Waals surface area contributed by atoms with Gasteiger partial charge >= 0.3 is 11.8 Å². The van der Waals surface area contributed by atoms with Crippen LogP contribution in [0.4, 0.5) is 10.1 Å². The molecule has 1 aromatic heterocycles. The molecule has 0 bridgehead atoms. The van der Waals surface area contributed by atoms with E-state index in [9.17, 15) is 9.59 Å². The van der Waals surface area contributed by atoms with Crippen LogP contribution in [0.25, 0.3) is 10.9 Å². The summed E-state index contributed by atoms with van der Waals surface area (Å²) >= 11 is 0. The van der Waals surface area contributed by atoms with Crippen LogP contribution in [-0.2, 0) is 16.0 Å². The van der Waals surface area contributed by atoms with Crippen LogP contribution in [0.1, 0.15) is 31.0 Å². The number of methoxy groups -OCH3 is 2. The zero-order chi connectivity index (χ0) is 30.2. The number of nitrogens with one attached hydrogen (secondary N) is 2. The summed E-state index contributed by atoms with van der Waals surface area (Å²) in [6.45, 7) is 5.11. The van der Waals surface area contributed by atoms with Gasteiger partial charge in [-0.3, -0.25) is 19.5 Å². The Labute approximate surface area is 244 Å². The largest absolute Gasteiger partial charge is 0.493 e. The third-order valence-corrected chi connectivity index (χ3v) is 7.10. The Morgan fingerprint density at radius 1 is 0.929 bits per heavy atom. The molecule has 0 aliphatic heterocycles. The molecule has 0 saturated heterocycles. The van der Waals surface area contributed by atoms with Crippen molar-refractivity contribution in [1.82, 2.24) is 15.2 Å². The molecule has 1 atom stereocenters. The molecule has 220 valence electrons. The number of fused-ring (bicyclic) bond motifs is 1. The van der Waals surface area contributed by atoms with Crippen LogP contribution in [-0.4, -0.2) is 56.1 Å². The average Bonchev–Trinajstić information content (AvgIpc) is 3.01. The second-order valence-corrected chi connectivity index (χ2v) is 9.59. The SMILES string of the molecule is CCc1ccccc1C(CNC(=O)C(=O)Nc1ccc(Oc2ccnc3cc(OC)c(OC)cc23)c(F)c1)N(C)CC. The minimum absolute atomic E-state index is 0.0697. The smallest absolute Gasteiger partial charge is 0.313 e. The van der Waals surface area contributed by atoms with Crippen LogP contribution < -0.4 is 24.8 Å². The summed E-state index contributed by atoms with van der Waals surface area (Å²) in [5.74, 6) is -1.17. The molecule has 42 heavy (non-hydrogen) atoms. The van der Waals surface area contributed by atoms with Gasteiger partial charge in [0.15, 0.2) is 23.1 Å². The molecule has 1 heterocycles. The van der Waals surface area contributed by atoms with Crippen molar-refractivity contribution < 1.29 is 28.2 Å². The number of pyridine rings is 1. The third kappa shape index (κ3) is 6.77. The zero-order valence-corrected chi connectivity index (χ0v) is 24.4. The first-order chi connectivity index (χ1) is 20.3. The van der Waals surface area contributed by atoms with Gasteiger partial charge in [-0.25, -0.2) is 4.39 Å². The Balaban J connectivity index is 1.44. The monoisotopic (exact) mass is 574 g/mol. The van der Waals surface area contributed by atoms with Gasteiger partial charge in [-0.1, -0.05) is 38.1 Å². The predicted molar refractivity (Wildman–Crippen MR) is 160 cm³/mol. The number of ether oxygens (including phenoxy) is 3. The van der Waals surface area contributed by atoms with E-state index in [2.05, 4.69) is 33.5 Å². The summed E-state index contributed by atoms with van der Waals surface area (Å²) in [6.07, 6.45) is 2.39.